The van der Waals surface area contributed by atoms with Crippen molar-refractivity contribution in [2.45, 2.75) is 6.42 Å². The van der Waals surface area contributed by atoms with Crippen LogP contribution in [-0.2, 0) is 20.7 Å². The van der Waals surface area contributed by atoms with Gasteiger partial charge in [-0.15, -0.1) is 0 Å². The molecule has 0 saturated carbocycles. The van der Waals surface area contributed by atoms with Gasteiger partial charge in [0.1, 0.15) is 5.58 Å². The molecule has 0 saturated heterocycles. The van der Waals surface area contributed by atoms with Gasteiger partial charge in [0.15, 0.2) is 6.61 Å². The lowest BCUT2D eigenvalue weighted by molar-refractivity contribution is -0.146. The topological polar surface area (TPSA) is 68.5 Å². The Labute approximate surface area is 176 Å². The average molecular weight is 428 g/mol. The number of hydrogen-bond acceptors (Lipinski definition) is 4. The van der Waals surface area contributed by atoms with E-state index in [2.05, 4.69) is 5.32 Å². The van der Waals surface area contributed by atoms with Gasteiger partial charge in [-0.25, -0.2) is 0 Å². The molecular weight excluding hydrogens is 413 g/mol. The van der Waals surface area contributed by atoms with Crippen LogP contribution in [-0.4, -0.2) is 18.5 Å². The van der Waals surface area contributed by atoms with E-state index in [1.165, 1.54) is 0 Å². The molecule has 0 bridgehead atoms. The van der Waals surface area contributed by atoms with Crippen LogP contribution in [0.25, 0.3) is 21.7 Å². The van der Waals surface area contributed by atoms with E-state index >= 15 is 0 Å². The Hall–Kier alpha value is -3.02. The fourth-order valence-electron chi connectivity index (χ4n) is 3.15. The van der Waals surface area contributed by atoms with Gasteiger partial charge in [0.05, 0.1) is 28.4 Å². The van der Waals surface area contributed by atoms with Crippen LogP contribution in [0.1, 0.15) is 5.56 Å². The number of benzene rings is 3. The van der Waals surface area contributed by atoms with Crippen molar-refractivity contribution in [1.82, 2.24) is 0 Å². The fraction of sp³-hybridized carbons (Fsp3) is 0.0909. The quantitative estimate of drug-likeness (QED) is 0.419. The second kappa shape index (κ2) is 8.15. The molecule has 5 nitrogen and oxygen atoms in total. The first-order chi connectivity index (χ1) is 14.0. The molecule has 146 valence electrons. The van der Waals surface area contributed by atoms with Crippen LogP contribution in [0.2, 0.25) is 10.0 Å². The number of hydrogen-bond donors (Lipinski definition) is 1. The highest BCUT2D eigenvalue weighted by atomic mass is 35.5. The summed E-state index contributed by atoms with van der Waals surface area (Å²) in [5.74, 6) is -1.07. The Balaban J connectivity index is 1.44. The number of ether oxygens (including phenoxy) is 1. The fourth-order valence-corrected chi connectivity index (χ4v) is 3.64. The lowest BCUT2D eigenvalue weighted by atomic mass is 10.0. The largest absolute Gasteiger partial charge is 0.464 e. The van der Waals surface area contributed by atoms with Gasteiger partial charge in [0, 0.05) is 10.9 Å². The highest BCUT2D eigenvalue weighted by Crippen LogP contribution is 2.31. The Morgan fingerprint density at radius 1 is 0.966 bits per heavy atom. The number of furan rings is 1. The van der Waals surface area contributed by atoms with Gasteiger partial charge in [-0.05, 0) is 29.0 Å². The molecule has 1 amide bonds. The van der Waals surface area contributed by atoms with Crippen LogP contribution < -0.4 is 5.32 Å². The molecule has 0 spiro atoms. The third-order valence-electron chi connectivity index (χ3n) is 4.47. The summed E-state index contributed by atoms with van der Waals surface area (Å²) in [6.45, 7) is -0.448. The molecule has 29 heavy (non-hydrogen) atoms. The molecule has 0 aliphatic carbocycles. The molecule has 3 aromatic carbocycles. The minimum Gasteiger partial charge on any atom is -0.464 e. The highest BCUT2D eigenvalue weighted by molar-refractivity contribution is 6.39. The van der Waals surface area contributed by atoms with Crippen molar-refractivity contribution in [3.8, 4) is 0 Å². The summed E-state index contributed by atoms with van der Waals surface area (Å²) < 4.78 is 10.7. The summed E-state index contributed by atoms with van der Waals surface area (Å²) >= 11 is 12.0. The second-order valence-electron chi connectivity index (χ2n) is 6.40. The first-order valence-corrected chi connectivity index (χ1v) is 9.56. The molecule has 0 radical (unpaired) electrons. The van der Waals surface area contributed by atoms with Crippen molar-refractivity contribution in [1.29, 1.82) is 0 Å². The van der Waals surface area contributed by atoms with E-state index in [1.54, 1.807) is 24.5 Å². The van der Waals surface area contributed by atoms with Crippen LogP contribution in [0.4, 0.5) is 5.69 Å². The number of halogens is 2. The van der Waals surface area contributed by atoms with Crippen molar-refractivity contribution in [2.24, 2.45) is 0 Å². The number of amides is 1. The van der Waals surface area contributed by atoms with E-state index in [1.807, 2.05) is 36.4 Å². The van der Waals surface area contributed by atoms with Crippen LogP contribution in [0.15, 0.2) is 65.3 Å². The molecule has 1 heterocycles. The molecule has 4 rings (SSSR count). The summed E-state index contributed by atoms with van der Waals surface area (Å²) in [7, 11) is 0. The van der Waals surface area contributed by atoms with Gasteiger partial charge < -0.3 is 14.5 Å². The van der Waals surface area contributed by atoms with Gasteiger partial charge in [-0.2, -0.15) is 0 Å². The third-order valence-corrected chi connectivity index (χ3v) is 5.10. The summed E-state index contributed by atoms with van der Waals surface area (Å²) in [6, 6.07) is 16.6. The molecule has 0 unspecified atom stereocenters. The van der Waals surface area contributed by atoms with E-state index in [-0.39, 0.29) is 12.1 Å². The number of carbonyl (C=O) groups excluding carboxylic acids is 2. The Morgan fingerprint density at radius 3 is 2.52 bits per heavy atom. The van der Waals surface area contributed by atoms with Crippen LogP contribution >= 0.6 is 23.2 Å². The third kappa shape index (κ3) is 4.06. The minimum absolute atomic E-state index is 0.0128. The molecule has 0 atom stereocenters. The summed E-state index contributed by atoms with van der Waals surface area (Å²) in [6.07, 6.45) is 1.53. The predicted octanol–water partition coefficient (Wildman–Crippen LogP) is 5.62. The zero-order valence-corrected chi connectivity index (χ0v) is 16.6. The first kappa shape index (κ1) is 19.3. The van der Waals surface area contributed by atoms with E-state index < -0.39 is 18.5 Å². The maximum Gasteiger partial charge on any atom is 0.310 e. The van der Waals surface area contributed by atoms with Crippen molar-refractivity contribution < 1.29 is 18.7 Å². The second-order valence-corrected chi connectivity index (χ2v) is 7.22. The van der Waals surface area contributed by atoms with Crippen molar-refractivity contribution in [2.75, 3.05) is 11.9 Å². The van der Waals surface area contributed by atoms with Crippen molar-refractivity contribution >= 4 is 62.5 Å². The van der Waals surface area contributed by atoms with Crippen LogP contribution in [0.3, 0.4) is 0 Å². The zero-order valence-electron chi connectivity index (χ0n) is 15.1. The predicted molar refractivity (Wildman–Crippen MR) is 113 cm³/mol. The monoisotopic (exact) mass is 427 g/mol. The summed E-state index contributed by atoms with van der Waals surface area (Å²) in [5.41, 5.74) is 1.68. The minimum atomic E-state index is -0.541. The highest BCUT2D eigenvalue weighted by Gasteiger charge is 2.16. The zero-order chi connectivity index (χ0) is 20.4. The smallest absolute Gasteiger partial charge is 0.310 e. The SMILES string of the molecule is O=C(COC(=O)Cc1coc2ccc3ccccc3c12)Nc1c(Cl)cccc1Cl. The van der Waals surface area contributed by atoms with Crippen LogP contribution in [0, 0.1) is 0 Å². The maximum atomic E-state index is 12.3. The summed E-state index contributed by atoms with van der Waals surface area (Å²) in [5, 5.41) is 6.06. The number of nitrogens with one attached hydrogen (secondary N) is 1. The molecule has 4 aromatic rings. The molecule has 1 aromatic heterocycles. The number of rotatable bonds is 5. The molecule has 0 fully saturated rings. The maximum absolute atomic E-state index is 12.3. The molecule has 0 aliphatic rings. The Bertz CT molecular complexity index is 1210. The summed E-state index contributed by atoms with van der Waals surface area (Å²) in [4.78, 5) is 24.4. The number of para-hydroxylation sites is 1. The van der Waals surface area contributed by atoms with Gasteiger partial charge in [0.25, 0.3) is 5.91 Å². The number of anilines is 1. The molecule has 1 N–H and O–H groups in total. The van der Waals surface area contributed by atoms with Gasteiger partial charge in [0.2, 0.25) is 0 Å². The normalized spacial score (nSPS) is 11.0. The number of esters is 1. The van der Waals surface area contributed by atoms with Crippen LogP contribution in [0.5, 0.6) is 0 Å². The lowest BCUT2D eigenvalue weighted by Gasteiger charge is -2.09. The standard InChI is InChI=1S/C22H15Cl2NO4/c23-16-6-3-7-17(24)22(16)25-19(26)12-29-20(27)10-14-11-28-18-9-8-13-4-1-2-5-15(13)21(14)18/h1-9,11H,10,12H2,(H,25,26). The molecular formula is C22H15Cl2NO4. The van der Waals surface area contributed by atoms with Crippen molar-refractivity contribution in [3.63, 3.8) is 0 Å². The molecule has 0 aliphatic heterocycles. The van der Waals surface area contributed by atoms with E-state index in [0.29, 0.717) is 21.2 Å². The molecule has 7 heteroatoms. The van der Waals surface area contributed by atoms with Gasteiger partial charge in [-0.1, -0.05) is 59.6 Å². The number of fused-ring (bicyclic) bond motifs is 3. The van der Waals surface area contributed by atoms with Gasteiger partial charge in [-0.3, -0.25) is 9.59 Å². The van der Waals surface area contributed by atoms with Gasteiger partial charge >= 0.3 is 5.97 Å². The Morgan fingerprint density at radius 2 is 1.72 bits per heavy atom. The van der Waals surface area contributed by atoms with E-state index in [0.717, 1.165) is 16.2 Å². The van der Waals surface area contributed by atoms with E-state index in [9.17, 15) is 9.59 Å². The lowest BCUT2D eigenvalue weighted by Crippen LogP contribution is -2.22. The Kier molecular flexibility index (Phi) is 5.43. The first-order valence-electron chi connectivity index (χ1n) is 8.80. The van der Waals surface area contributed by atoms with Crippen molar-refractivity contribution in [3.05, 3.63) is 76.5 Å². The average Bonchev–Trinajstić information content (AvgIpc) is 3.12. The number of carbonyl (C=O) groups is 2. The van der Waals surface area contributed by atoms with E-state index in [4.69, 9.17) is 32.4 Å².